The van der Waals surface area contributed by atoms with Crippen LogP contribution in [0.3, 0.4) is 0 Å². The lowest BCUT2D eigenvalue weighted by Crippen LogP contribution is -2.21. The summed E-state index contributed by atoms with van der Waals surface area (Å²) >= 11 is 0. The van der Waals surface area contributed by atoms with Crippen molar-refractivity contribution in [2.75, 3.05) is 20.3 Å². The number of benzene rings is 2. The van der Waals surface area contributed by atoms with Crippen LogP contribution in [0, 0.1) is 11.6 Å². The fraction of sp³-hybridized carbons (Fsp3) is 0.250. The Labute approximate surface area is 122 Å². The molecule has 0 aliphatic rings. The van der Waals surface area contributed by atoms with Crippen LogP contribution >= 0.6 is 0 Å². The van der Waals surface area contributed by atoms with Crippen LogP contribution < -0.4 is 14.8 Å². The number of halogens is 2. The largest absolute Gasteiger partial charge is 0.497 e. The van der Waals surface area contributed by atoms with E-state index in [1.807, 2.05) is 24.3 Å². The summed E-state index contributed by atoms with van der Waals surface area (Å²) in [5.41, 5.74) is 0.431. The molecule has 0 bridgehead atoms. The number of rotatable bonds is 7. The summed E-state index contributed by atoms with van der Waals surface area (Å²) in [6.45, 7) is 1.34. The maximum Gasteiger partial charge on any atom is 0.130 e. The van der Waals surface area contributed by atoms with Gasteiger partial charge in [0.05, 0.1) is 7.11 Å². The van der Waals surface area contributed by atoms with E-state index in [1.165, 1.54) is 12.1 Å². The van der Waals surface area contributed by atoms with E-state index in [0.717, 1.165) is 17.6 Å². The third-order valence-corrected chi connectivity index (χ3v) is 2.94. The molecule has 1 N–H and O–H groups in total. The highest BCUT2D eigenvalue weighted by molar-refractivity contribution is 5.31. The van der Waals surface area contributed by atoms with E-state index in [2.05, 4.69) is 5.32 Å². The van der Waals surface area contributed by atoms with Gasteiger partial charge >= 0.3 is 0 Å². The Morgan fingerprint density at radius 1 is 1.00 bits per heavy atom. The van der Waals surface area contributed by atoms with Crippen molar-refractivity contribution < 1.29 is 18.3 Å². The van der Waals surface area contributed by atoms with Crippen molar-refractivity contribution >= 4 is 0 Å². The first-order valence-electron chi connectivity index (χ1n) is 6.60. The van der Waals surface area contributed by atoms with Crippen molar-refractivity contribution in [1.29, 1.82) is 0 Å². The molecule has 2 rings (SSSR count). The van der Waals surface area contributed by atoms with Crippen LogP contribution in [0.5, 0.6) is 11.5 Å². The van der Waals surface area contributed by atoms with E-state index in [9.17, 15) is 8.78 Å². The molecule has 3 nitrogen and oxygen atoms in total. The fourth-order valence-electron chi connectivity index (χ4n) is 1.80. The first-order valence-corrected chi connectivity index (χ1v) is 6.60. The lowest BCUT2D eigenvalue weighted by atomic mass is 10.2. The molecule has 0 radical (unpaired) electrons. The van der Waals surface area contributed by atoms with Gasteiger partial charge in [-0.15, -0.1) is 0 Å². The van der Waals surface area contributed by atoms with Gasteiger partial charge in [-0.2, -0.15) is 0 Å². The van der Waals surface area contributed by atoms with Gasteiger partial charge in [0.15, 0.2) is 0 Å². The summed E-state index contributed by atoms with van der Waals surface area (Å²) in [4.78, 5) is 0. The van der Waals surface area contributed by atoms with E-state index in [-0.39, 0.29) is 0 Å². The SMILES string of the molecule is COc1ccc(OCCNCc2ccc(F)cc2F)cc1. The zero-order valence-corrected chi connectivity index (χ0v) is 11.7. The standard InChI is InChI=1S/C16H17F2NO2/c1-20-14-4-6-15(7-5-14)21-9-8-19-11-12-2-3-13(17)10-16(12)18/h2-7,10,19H,8-9,11H2,1H3. The first-order chi connectivity index (χ1) is 10.2. The molecule has 0 aliphatic heterocycles. The number of hydrogen-bond acceptors (Lipinski definition) is 3. The monoisotopic (exact) mass is 293 g/mol. The first kappa shape index (κ1) is 15.3. The van der Waals surface area contributed by atoms with Gasteiger partial charge in [-0.3, -0.25) is 0 Å². The maximum absolute atomic E-state index is 13.4. The van der Waals surface area contributed by atoms with Crippen LogP contribution in [0.1, 0.15) is 5.56 Å². The molecule has 21 heavy (non-hydrogen) atoms. The van der Waals surface area contributed by atoms with Crippen molar-refractivity contribution in [3.63, 3.8) is 0 Å². The molecule has 0 unspecified atom stereocenters. The van der Waals surface area contributed by atoms with Gasteiger partial charge in [-0.25, -0.2) is 8.78 Å². The minimum Gasteiger partial charge on any atom is -0.497 e. The summed E-state index contributed by atoms with van der Waals surface area (Å²) in [6.07, 6.45) is 0. The number of ether oxygens (including phenoxy) is 2. The molecule has 0 saturated carbocycles. The molecule has 0 saturated heterocycles. The molecule has 0 fully saturated rings. The second-order valence-corrected chi connectivity index (χ2v) is 4.44. The summed E-state index contributed by atoms with van der Waals surface area (Å²) in [5.74, 6) is 0.399. The van der Waals surface area contributed by atoms with Crippen LogP contribution in [0.2, 0.25) is 0 Å². The average Bonchev–Trinajstić information content (AvgIpc) is 2.49. The van der Waals surface area contributed by atoms with Crippen LogP contribution in [0.15, 0.2) is 42.5 Å². The third-order valence-electron chi connectivity index (χ3n) is 2.94. The summed E-state index contributed by atoms with van der Waals surface area (Å²) in [7, 11) is 1.61. The lowest BCUT2D eigenvalue weighted by molar-refractivity contribution is 0.312. The Morgan fingerprint density at radius 3 is 2.38 bits per heavy atom. The molecule has 0 aliphatic carbocycles. The van der Waals surface area contributed by atoms with Crippen LogP contribution in [-0.4, -0.2) is 20.3 Å². The van der Waals surface area contributed by atoms with E-state index >= 15 is 0 Å². The van der Waals surface area contributed by atoms with Gasteiger partial charge in [0.1, 0.15) is 29.7 Å². The normalized spacial score (nSPS) is 10.4. The van der Waals surface area contributed by atoms with Crippen molar-refractivity contribution in [3.05, 3.63) is 59.7 Å². The summed E-state index contributed by atoms with van der Waals surface area (Å²) < 4.78 is 36.7. The second-order valence-electron chi connectivity index (χ2n) is 4.44. The minimum atomic E-state index is -0.570. The Balaban J connectivity index is 1.69. The number of methoxy groups -OCH3 is 1. The Morgan fingerprint density at radius 2 is 1.71 bits per heavy atom. The second kappa shape index (κ2) is 7.59. The average molecular weight is 293 g/mol. The highest BCUT2D eigenvalue weighted by Gasteiger charge is 2.03. The van der Waals surface area contributed by atoms with Crippen molar-refractivity contribution in [3.8, 4) is 11.5 Å². The van der Waals surface area contributed by atoms with Gasteiger partial charge < -0.3 is 14.8 Å². The summed E-state index contributed by atoms with van der Waals surface area (Å²) in [5, 5.41) is 3.04. The Hall–Kier alpha value is -2.14. The smallest absolute Gasteiger partial charge is 0.130 e. The van der Waals surface area contributed by atoms with Crippen molar-refractivity contribution in [2.45, 2.75) is 6.54 Å². The summed E-state index contributed by atoms with van der Waals surface area (Å²) in [6, 6.07) is 10.8. The molecule has 0 spiro atoms. The zero-order valence-electron chi connectivity index (χ0n) is 11.7. The van der Waals surface area contributed by atoms with Gasteiger partial charge in [0, 0.05) is 24.7 Å². The molecule has 2 aromatic carbocycles. The van der Waals surface area contributed by atoms with Crippen LogP contribution in [0.25, 0.3) is 0 Å². The minimum absolute atomic E-state index is 0.331. The third kappa shape index (κ3) is 4.72. The quantitative estimate of drug-likeness (QED) is 0.796. The molecule has 0 heterocycles. The van der Waals surface area contributed by atoms with E-state index in [4.69, 9.17) is 9.47 Å². The molecular weight excluding hydrogens is 276 g/mol. The Bertz CT molecular complexity index is 573. The van der Waals surface area contributed by atoms with Crippen molar-refractivity contribution in [1.82, 2.24) is 5.32 Å². The maximum atomic E-state index is 13.4. The fourth-order valence-corrected chi connectivity index (χ4v) is 1.80. The molecule has 5 heteroatoms. The number of hydrogen-bond donors (Lipinski definition) is 1. The van der Waals surface area contributed by atoms with E-state index in [1.54, 1.807) is 7.11 Å². The van der Waals surface area contributed by atoms with Gasteiger partial charge in [-0.1, -0.05) is 6.07 Å². The van der Waals surface area contributed by atoms with Gasteiger partial charge in [0.25, 0.3) is 0 Å². The topological polar surface area (TPSA) is 30.5 Å². The molecule has 0 aromatic heterocycles. The predicted octanol–water partition coefficient (Wildman–Crippen LogP) is 3.14. The molecular formula is C16H17F2NO2. The number of nitrogens with one attached hydrogen (secondary N) is 1. The predicted molar refractivity (Wildman–Crippen MR) is 76.6 cm³/mol. The lowest BCUT2D eigenvalue weighted by Gasteiger charge is -2.09. The highest BCUT2D eigenvalue weighted by Crippen LogP contribution is 2.16. The van der Waals surface area contributed by atoms with Gasteiger partial charge in [0.2, 0.25) is 0 Å². The molecule has 2 aromatic rings. The van der Waals surface area contributed by atoms with E-state index in [0.29, 0.717) is 25.3 Å². The van der Waals surface area contributed by atoms with Gasteiger partial charge in [-0.05, 0) is 30.3 Å². The van der Waals surface area contributed by atoms with E-state index < -0.39 is 11.6 Å². The zero-order chi connectivity index (χ0) is 15.1. The van der Waals surface area contributed by atoms with Crippen LogP contribution in [0.4, 0.5) is 8.78 Å². The Kier molecular flexibility index (Phi) is 5.51. The molecule has 112 valence electrons. The molecule has 0 amide bonds. The molecule has 0 atom stereocenters. The highest BCUT2D eigenvalue weighted by atomic mass is 19.1. The van der Waals surface area contributed by atoms with Crippen molar-refractivity contribution in [2.24, 2.45) is 0 Å². The van der Waals surface area contributed by atoms with Crippen LogP contribution in [-0.2, 0) is 6.54 Å².